The smallest absolute Gasteiger partial charge is 0.253 e. The third-order valence-corrected chi connectivity index (χ3v) is 2.51. The number of aromatic nitrogens is 1. The highest BCUT2D eigenvalue weighted by molar-refractivity contribution is 5.94. The van der Waals surface area contributed by atoms with Gasteiger partial charge in [-0.1, -0.05) is 0 Å². The van der Waals surface area contributed by atoms with Crippen LogP contribution in [0.1, 0.15) is 12.8 Å². The van der Waals surface area contributed by atoms with E-state index >= 15 is 0 Å². The Morgan fingerprint density at radius 3 is 3.00 bits per heavy atom. The van der Waals surface area contributed by atoms with Gasteiger partial charge >= 0.3 is 0 Å². The molecule has 1 aliphatic heterocycles. The molecule has 0 aromatic carbocycles. The molecule has 1 atom stereocenters. The van der Waals surface area contributed by atoms with Crippen molar-refractivity contribution in [3.8, 4) is 0 Å². The van der Waals surface area contributed by atoms with Crippen LogP contribution in [0.25, 0.3) is 0 Å². The van der Waals surface area contributed by atoms with Gasteiger partial charge in [0.2, 0.25) is 0 Å². The molecule has 1 amide bonds. The lowest BCUT2D eigenvalue weighted by atomic mass is 10.2. The maximum atomic E-state index is 11.7. The fourth-order valence-corrected chi connectivity index (χ4v) is 1.62. The largest absolute Gasteiger partial charge is 0.373 e. The molecule has 5 heteroatoms. The van der Waals surface area contributed by atoms with Crippen LogP contribution in [-0.4, -0.2) is 30.6 Å². The number of nitrogens with zero attached hydrogens (tertiary/aromatic N) is 1. The lowest BCUT2D eigenvalue weighted by Crippen LogP contribution is -2.26. The predicted molar refractivity (Wildman–Crippen MR) is 61.4 cm³/mol. The molecule has 86 valence electrons. The van der Waals surface area contributed by atoms with Gasteiger partial charge in [0, 0.05) is 13.7 Å². The van der Waals surface area contributed by atoms with Crippen molar-refractivity contribution in [3.05, 3.63) is 18.3 Å². The summed E-state index contributed by atoms with van der Waals surface area (Å²) in [6.45, 7) is 0.676. The van der Waals surface area contributed by atoms with Gasteiger partial charge in [0.05, 0.1) is 11.9 Å². The van der Waals surface area contributed by atoms with Crippen LogP contribution in [-0.2, 0) is 9.53 Å². The number of anilines is 2. The lowest BCUT2D eigenvalue weighted by Gasteiger charge is -2.10. The molecule has 5 nitrogen and oxygen atoms in total. The molecule has 1 fully saturated rings. The molecule has 1 aromatic heterocycles. The van der Waals surface area contributed by atoms with Crippen LogP contribution in [0.3, 0.4) is 0 Å². The zero-order valence-electron chi connectivity index (χ0n) is 9.19. The van der Waals surface area contributed by atoms with Gasteiger partial charge < -0.3 is 15.4 Å². The molecular weight excluding hydrogens is 206 g/mol. The summed E-state index contributed by atoms with van der Waals surface area (Å²) in [4.78, 5) is 15.8. The third-order valence-electron chi connectivity index (χ3n) is 2.51. The van der Waals surface area contributed by atoms with E-state index in [1.165, 1.54) is 0 Å². The van der Waals surface area contributed by atoms with Gasteiger partial charge in [-0.2, -0.15) is 0 Å². The van der Waals surface area contributed by atoms with Crippen molar-refractivity contribution in [1.82, 2.24) is 4.98 Å². The molecule has 2 N–H and O–H groups in total. The summed E-state index contributed by atoms with van der Waals surface area (Å²) < 4.78 is 5.29. The van der Waals surface area contributed by atoms with E-state index in [1.54, 1.807) is 13.2 Å². The fourth-order valence-electron chi connectivity index (χ4n) is 1.62. The van der Waals surface area contributed by atoms with Crippen LogP contribution in [0.15, 0.2) is 18.3 Å². The Hall–Kier alpha value is -1.62. The SMILES string of the molecule is CNc1ccc(NC(=O)C2CCCO2)cn1. The first kappa shape index (κ1) is 10.9. The molecule has 0 radical (unpaired) electrons. The number of pyridine rings is 1. The number of ether oxygens (including phenoxy) is 1. The zero-order chi connectivity index (χ0) is 11.4. The van der Waals surface area contributed by atoms with E-state index in [2.05, 4.69) is 15.6 Å². The Bertz CT molecular complexity index is 358. The second-order valence-electron chi connectivity index (χ2n) is 3.67. The lowest BCUT2D eigenvalue weighted by molar-refractivity contribution is -0.124. The highest BCUT2D eigenvalue weighted by Crippen LogP contribution is 2.15. The molecule has 0 saturated carbocycles. The van der Waals surface area contributed by atoms with Gasteiger partial charge in [-0.3, -0.25) is 4.79 Å². The molecule has 1 aromatic rings. The van der Waals surface area contributed by atoms with Crippen molar-refractivity contribution in [2.45, 2.75) is 18.9 Å². The van der Waals surface area contributed by atoms with E-state index < -0.39 is 0 Å². The molecule has 16 heavy (non-hydrogen) atoms. The summed E-state index contributed by atoms with van der Waals surface area (Å²) in [6, 6.07) is 3.62. The average Bonchev–Trinajstić information content (AvgIpc) is 2.83. The Balaban J connectivity index is 1.94. The monoisotopic (exact) mass is 221 g/mol. The molecule has 1 saturated heterocycles. The van der Waals surface area contributed by atoms with Gasteiger partial charge in [0.1, 0.15) is 11.9 Å². The Morgan fingerprint density at radius 1 is 1.56 bits per heavy atom. The molecule has 2 rings (SSSR count). The van der Waals surface area contributed by atoms with Crippen LogP contribution >= 0.6 is 0 Å². The summed E-state index contributed by atoms with van der Waals surface area (Å²) in [6.07, 6.45) is 3.07. The Labute approximate surface area is 94.2 Å². The van der Waals surface area contributed by atoms with Crippen LogP contribution in [0, 0.1) is 0 Å². The molecule has 0 bridgehead atoms. The highest BCUT2D eigenvalue weighted by atomic mass is 16.5. The number of hydrogen-bond donors (Lipinski definition) is 2. The second kappa shape index (κ2) is 4.94. The van der Waals surface area contributed by atoms with Gasteiger partial charge in [0.25, 0.3) is 5.91 Å². The van der Waals surface area contributed by atoms with E-state index in [0.29, 0.717) is 12.3 Å². The number of rotatable bonds is 3. The van der Waals surface area contributed by atoms with Crippen LogP contribution in [0.4, 0.5) is 11.5 Å². The molecule has 1 aliphatic rings. The molecule has 0 spiro atoms. The quantitative estimate of drug-likeness (QED) is 0.806. The van der Waals surface area contributed by atoms with Crippen molar-refractivity contribution in [1.29, 1.82) is 0 Å². The van der Waals surface area contributed by atoms with Crippen molar-refractivity contribution < 1.29 is 9.53 Å². The van der Waals surface area contributed by atoms with E-state index in [-0.39, 0.29) is 12.0 Å². The minimum Gasteiger partial charge on any atom is -0.373 e. The minimum atomic E-state index is -0.302. The molecule has 1 unspecified atom stereocenters. The van der Waals surface area contributed by atoms with Gasteiger partial charge in [-0.05, 0) is 25.0 Å². The maximum absolute atomic E-state index is 11.7. The number of hydrogen-bond acceptors (Lipinski definition) is 4. The van der Waals surface area contributed by atoms with Crippen molar-refractivity contribution >= 4 is 17.4 Å². The Kier molecular flexibility index (Phi) is 3.36. The van der Waals surface area contributed by atoms with E-state index in [9.17, 15) is 4.79 Å². The summed E-state index contributed by atoms with van der Waals surface area (Å²) in [5.41, 5.74) is 0.694. The summed E-state index contributed by atoms with van der Waals surface area (Å²) in [5, 5.41) is 5.70. The average molecular weight is 221 g/mol. The number of nitrogens with one attached hydrogen (secondary N) is 2. The molecule has 0 aliphatic carbocycles. The van der Waals surface area contributed by atoms with Gasteiger partial charge in [0.15, 0.2) is 0 Å². The predicted octanol–water partition coefficient (Wildman–Crippen LogP) is 1.24. The summed E-state index contributed by atoms with van der Waals surface area (Å²) in [7, 11) is 1.80. The first-order chi connectivity index (χ1) is 7.79. The number of amides is 1. The van der Waals surface area contributed by atoms with Crippen LogP contribution in [0.5, 0.6) is 0 Å². The third kappa shape index (κ3) is 2.49. The van der Waals surface area contributed by atoms with Crippen molar-refractivity contribution in [2.75, 3.05) is 24.3 Å². The maximum Gasteiger partial charge on any atom is 0.253 e. The highest BCUT2D eigenvalue weighted by Gasteiger charge is 2.23. The molecule has 2 heterocycles. The Morgan fingerprint density at radius 2 is 2.44 bits per heavy atom. The second-order valence-corrected chi connectivity index (χ2v) is 3.67. The van der Waals surface area contributed by atoms with E-state index in [0.717, 1.165) is 18.7 Å². The van der Waals surface area contributed by atoms with Crippen molar-refractivity contribution in [2.24, 2.45) is 0 Å². The number of carbonyl (C=O) groups excluding carboxylic acids is 1. The normalized spacial score (nSPS) is 19.4. The van der Waals surface area contributed by atoms with Gasteiger partial charge in [-0.25, -0.2) is 4.98 Å². The zero-order valence-corrected chi connectivity index (χ0v) is 9.19. The summed E-state index contributed by atoms with van der Waals surface area (Å²) >= 11 is 0. The summed E-state index contributed by atoms with van der Waals surface area (Å²) in [5.74, 6) is 0.687. The fraction of sp³-hybridized carbons (Fsp3) is 0.455. The standard InChI is InChI=1S/C11H15N3O2/c1-12-10-5-4-8(7-13-10)14-11(15)9-3-2-6-16-9/h4-5,7,9H,2-3,6H2,1H3,(H,12,13)(H,14,15). The van der Waals surface area contributed by atoms with Crippen LogP contribution < -0.4 is 10.6 Å². The van der Waals surface area contributed by atoms with Gasteiger partial charge in [-0.15, -0.1) is 0 Å². The van der Waals surface area contributed by atoms with E-state index in [1.807, 2.05) is 12.1 Å². The number of carbonyl (C=O) groups is 1. The van der Waals surface area contributed by atoms with E-state index in [4.69, 9.17) is 4.74 Å². The molecular formula is C11H15N3O2. The first-order valence-electron chi connectivity index (χ1n) is 5.36. The van der Waals surface area contributed by atoms with Crippen LogP contribution in [0.2, 0.25) is 0 Å². The topological polar surface area (TPSA) is 63.2 Å². The van der Waals surface area contributed by atoms with Crippen molar-refractivity contribution in [3.63, 3.8) is 0 Å². The first-order valence-corrected chi connectivity index (χ1v) is 5.36. The minimum absolute atomic E-state index is 0.0866.